The number of hydrogen-bond donors (Lipinski definition) is 0. The number of aldehydes is 1. The Bertz CT molecular complexity index is 615. The molecule has 1 aromatic rings. The van der Waals surface area contributed by atoms with Crippen molar-refractivity contribution in [3.05, 3.63) is 54.6 Å². The van der Waals surface area contributed by atoms with E-state index in [2.05, 4.69) is 41.9 Å². The highest BCUT2D eigenvalue weighted by atomic mass is 16.1. The number of aromatic nitrogens is 2. The van der Waals surface area contributed by atoms with Crippen molar-refractivity contribution in [2.24, 2.45) is 0 Å². The summed E-state index contributed by atoms with van der Waals surface area (Å²) in [5.41, 5.74) is 3.20. The van der Waals surface area contributed by atoms with Crippen LogP contribution < -0.4 is 0 Å². The molecule has 0 fully saturated rings. The van der Waals surface area contributed by atoms with Crippen molar-refractivity contribution in [2.45, 2.75) is 6.42 Å². The van der Waals surface area contributed by atoms with E-state index in [1.807, 2.05) is 0 Å². The van der Waals surface area contributed by atoms with Gasteiger partial charge in [-0.15, -0.1) is 6.58 Å². The summed E-state index contributed by atoms with van der Waals surface area (Å²) in [6, 6.07) is 10.9. The van der Waals surface area contributed by atoms with Crippen molar-refractivity contribution in [3.63, 3.8) is 0 Å². The zero-order valence-corrected chi connectivity index (χ0v) is 9.84. The Morgan fingerprint density at radius 2 is 2.17 bits per heavy atom. The fraction of sp³-hybridized carbons (Fsp3) is 0.0667. The van der Waals surface area contributed by atoms with E-state index in [9.17, 15) is 4.79 Å². The van der Waals surface area contributed by atoms with Gasteiger partial charge in [0.2, 0.25) is 0 Å². The molecule has 3 nitrogen and oxygen atoms in total. The smallest absolute Gasteiger partial charge is 0.170 e. The Balaban J connectivity index is 0.000000164. The van der Waals surface area contributed by atoms with Crippen molar-refractivity contribution >= 4 is 6.29 Å². The zero-order valence-electron chi connectivity index (χ0n) is 9.84. The Kier molecular flexibility index (Phi) is 3.40. The second kappa shape index (κ2) is 5.15. The molecule has 0 N–H and O–H groups in total. The number of nitrogens with zero attached hydrogens (tertiary/aromatic N) is 2. The molecule has 0 amide bonds. The third kappa shape index (κ3) is 2.55. The van der Waals surface area contributed by atoms with Gasteiger partial charge >= 0.3 is 0 Å². The Morgan fingerprint density at radius 1 is 1.44 bits per heavy atom. The average molecular weight is 236 g/mol. The number of hydrogen-bond acceptors (Lipinski definition) is 2. The molecular weight excluding hydrogens is 224 g/mol. The van der Waals surface area contributed by atoms with E-state index in [0.29, 0.717) is 24.2 Å². The molecule has 3 rings (SSSR count). The number of allylic oxidation sites excluding steroid dienone is 1. The highest BCUT2D eigenvalue weighted by Crippen LogP contribution is 2.32. The number of carbonyl (C=O) groups is 1. The second-order valence-electron chi connectivity index (χ2n) is 3.77. The predicted octanol–water partition coefficient (Wildman–Crippen LogP) is 2.53. The lowest BCUT2D eigenvalue weighted by molar-refractivity contribution is 0.111. The highest BCUT2D eigenvalue weighted by molar-refractivity contribution is 5.80. The van der Waals surface area contributed by atoms with Gasteiger partial charge in [-0.1, -0.05) is 30.7 Å². The SMILES string of the molecule is C#Cn1cc(C=O)nc1CC=C.c1cc2cc-2c1. The van der Waals surface area contributed by atoms with Gasteiger partial charge in [0.05, 0.1) is 0 Å². The van der Waals surface area contributed by atoms with Gasteiger partial charge in [0.15, 0.2) is 6.29 Å². The molecule has 2 aliphatic rings. The van der Waals surface area contributed by atoms with Gasteiger partial charge in [-0.05, 0) is 17.2 Å². The molecule has 0 aliphatic heterocycles. The number of fused-ring (bicyclic) bond motifs is 1. The van der Waals surface area contributed by atoms with Crippen LogP contribution in [0.5, 0.6) is 0 Å². The van der Waals surface area contributed by atoms with Crippen LogP contribution in [0, 0.1) is 12.5 Å². The van der Waals surface area contributed by atoms with Gasteiger partial charge in [-0.3, -0.25) is 9.36 Å². The Hall–Kier alpha value is -2.60. The van der Waals surface area contributed by atoms with Crippen molar-refractivity contribution in [2.75, 3.05) is 0 Å². The van der Waals surface area contributed by atoms with E-state index in [0.717, 1.165) is 0 Å². The number of benzene rings is 1. The summed E-state index contributed by atoms with van der Waals surface area (Å²) < 4.78 is 1.48. The quantitative estimate of drug-likeness (QED) is 0.398. The maximum absolute atomic E-state index is 10.3. The van der Waals surface area contributed by atoms with Gasteiger partial charge in [-0.2, -0.15) is 0 Å². The fourth-order valence-corrected chi connectivity index (χ4v) is 1.56. The summed E-state index contributed by atoms with van der Waals surface area (Å²) in [6.45, 7) is 3.56. The Labute approximate surface area is 106 Å². The van der Waals surface area contributed by atoms with Crippen LogP contribution in [-0.2, 0) is 6.42 Å². The topological polar surface area (TPSA) is 34.9 Å². The van der Waals surface area contributed by atoms with E-state index in [1.54, 1.807) is 6.08 Å². The maximum Gasteiger partial charge on any atom is 0.170 e. The van der Waals surface area contributed by atoms with Crippen LogP contribution in [0.4, 0.5) is 0 Å². The number of terminal acetylenes is 1. The third-order valence-corrected chi connectivity index (χ3v) is 2.50. The van der Waals surface area contributed by atoms with E-state index in [4.69, 9.17) is 6.42 Å². The summed E-state index contributed by atoms with van der Waals surface area (Å²) in [4.78, 5) is 14.3. The van der Waals surface area contributed by atoms with E-state index in [1.165, 1.54) is 21.9 Å². The molecule has 0 unspecified atom stereocenters. The molecule has 88 valence electrons. The summed E-state index contributed by atoms with van der Waals surface area (Å²) in [5.74, 6) is 0.662. The highest BCUT2D eigenvalue weighted by Gasteiger charge is 2.07. The average Bonchev–Trinajstić information content (AvgIpc) is 2.84. The van der Waals surface area contributed by atoms with Crippen LogP contribution in [0.2, 0.25) is 0 Å². The molecule has 0 radical (unpaired) electrons. The van der Waals surface area contributed by atoms with Crippen molar-refractivity contribution in [1.82, 2.24) is 9.55 Å². The summed E-state index contributed by atoms with van der Waals surface area (Å²) in [5, 5.41) is 0. The minimum atomic E-state index is 0.352. The molecule has 0 aromatic carbocycles. The lowest BCUT2D eigenvalue weighted by Gasteiger charge is -1.92. The molecule has 0 spiro atoms. The fourth-order valence-electron chi connectivity index (χ4n) is 1.56. The first-order chi connectivity index (χ1) is 8.78. The molecule has 18 heavy (non-hydrogen) atoms. The lowest BCUT2D eigenvalue weighted by Crippen LogP contribution is -1.94. The van der Waals surface area contributed by atoms with Gasteiger partial charge < -0.3 is 0 Å². The van der Waals surface area contributed by atoms with E-state index >= 15 is 0 Å². The van der Waals surface area contributed by atoms with Crippen LogP contribution in [0.1, 0.15) is 16.3 Å². The van der Waals surface area contributed by atoms with Crippen LogP contribution in [0.15, 0.2) is 43.1 Å². The molecule has 0 saturated carbocycles. The van der Waals surface area contributed by atoms with Crippen molar-refractivity contribution in [1.29, 1.82) is 0 Å². The number of rotatable bonds is 3. The second-order valence-corrected chi connectivity index (χ2v) is 3.77. The molecule has 1 heterocycles. The minimum absolute atomic E-state index is 0.352. The van der Waals surface area contributed by atoms with Crippen molar-refractivity contribution < 1.29 is 4.79 Å². The first-order valence-electron chi connectivity index (χ1n) is 5.50. The maximum atomic E-state index is 10.3. The van der Waals surface area contributed by atoms with E-state index < -0.39 is 0 Å². The summed E-state index contributed by atoms with van der Waals surface area (Å²) >= 11 is 0. The molecular formula is C15H12N2O. The third-order valence-electron chi connectivity index (χ3n) is 2.50. The lowest BCUT2D eigenvalue weighted by atomic mass is 10.4. The molecule has 0 bridgehead atoms. The normalized spacial score (nSPS) is 9.72. The van der Waals surface area contributed by atoms with Gasteiger partial charge in [0.1, 0.15) is 11.5 Å². The molecule has 3 heteroatoms. The summed E-state index contributed by atoms with van der Waals surface area (Å²) in [7, 11) is 0. The largest absolute Gasteiger partial charge is 0.296 e. The van der Waals surface area contributed by atoms with Gasteiger partial charge in [0.25, 0.3) is 0 Å². The monoisotopic (exact) mass is 236 g/mol. The molecule has 2 aliphatic carbocycles. The standard InChI is InChI=1S/C9H8N2O.C6H4/c1-3-5-9-10-8(7-12)6-11(9)4-2;1-2-5-4-6(5)3-1/h2-3,6-7H,1,5H2;1-4H. The van der Waals surface area contributed by atoms with Crippen LogP contribution in [0.3, 0.4) is 0 Å². The number of carbonyl (C=O) groups excluding carboxylic acids is 1. The van der Waals surface area contributed by atoms with Crippen molar-refractivity contribution in [3.8, 4) is 23.6 Å². The zero-order chi connectivity index (χ0) is 13.0. The number of imidazole rings is 1. The molecule has 0 saturated heterocycles. The Morgan fingerprint density at radius 3 is 2.56 bits per heavy atom. The van der Waals surface area contributed by atoms with Gasteiger partial charge in [0, 0.05) is 18.7 Å². The summed E-state index contributed by atoms with van der Waals surface area (Å²) in [6.07, 6.45) is 9.61. The van der Waals surface area contributed by atoms with E-state index in [-0.39, 0.29) is 0 Å². The first-order valence-corrected chi connectivity index (χ1v) is 5.50. The molecule has 0 atom stereocenters. The van der Waals surface area contributed by atoms with Crippen LogP contribution in [0.25, 0.3) is 11.1 Å². The first kappa shape index (κ1) is 11.9. The minimum Gasteiger partial charge on any atom is -0.296 e. The molecule has 1 aromatic heterocycles. The van der Waals surface area contributed by atoms with Crippen LogP contribution >= 0.6 is 0 Å². The van der Waals surface area contributed by atoms with Crippen LogP contribution in [-0.4, -0.2) is 15.8 Å². The van der Waals surface area contributed by atoms with Gasteiger partial charge in [-0.25, -0.2) is 4.98 Å². The predicted molar refractivity (Wildman–Crippen MR) is 71.2 cm³/mol.